The van der Waals surface area contributed by atoms with Gasteiger partial charge in [-0.25, -0.2) is 4.39 Å². The molecule has 0 spiro atoms. The van der Waals surface area contributed by atoms with Gasteiger partial charge < -0.3 is 15.2 Å². The third kappa shape index (κ3) is 3.38. The lowest BCUT2D eigenvalue weighted by molar-refractivity contribution is 0.170. The Balaban J connectivity index is 2.68. The quantitative estimate of drug-likeness (QED) is 0.810. The van der Waals surface area contributed by atoms with Crippen LogP contribution in [0, 0.1) is 11.2 Å². The highest BCUT2D eigenvalue weighted by molar-refractivity contribution is 5.48. The Bertz CT molecular complexity index is 353. The topological polar surface area (TPSA) is 41.5 Å². The summed E-state index contributed by atoms with van der Waals surface area (Å²) >= 11 is 0. The van der Waals surface area contributed by atoms with Crippen LogP contribution >= 0.6 is 0 Å². The highest BCUT2D eigenvalue weighted by atomic mass is 19.1. The van der Waals surface area contributed by atoms with Crippen molar-refractivity contribution in [3.63, 3.8) is 0 Å². The summed E-state index contributed by atoms with van der Waals surface area (Å²) in [6, 6.07) is 4.65. The second-order valence-electron chi connectivity index (χ2n) is 4.52. The van der Waals surface area contributed by atoms with Gasteiger partial charge in [-0.3, -0.25) is 0 Å². The predicted octanol–water partition coefficient (Wildman–Crippen LogP) is 2.26. The molecule has 0 aliphatic heterocycles. The van der Waals surface area contributed by atoms with Crippen molar-refractivity contribution in [2.45, 2.75) is 13.8 Å². The van der Waals surface area contributed by atoms with Gasteiger partial charge >= 0.3 is 0 Å². The van der Waals surface area contributed by atoms with E-state index in [1.54, 1.807) is 12.1 Å². The van der Waals surface area contributed by atoms with Gasteiger partial charge in [0.25, 0.3) is 0 Å². The van der Waals surface area contributed by atoms with Crippen LogP contribution < -0.4 is 10.1 Å². The molecule has 0 saturated carbocycles. The molecule has 16 heavy (non-hydrogen) atoms. The maximum absolute atomic E-state index is 13.5. The predicted molar refractivity (Wildman–Crippen MR) is 62.3 cm³/mol. The summed E-state index contributed by atoms with van der Waals surface area (Å²) in [4.78, 5) is 0. The van der Waals surface area contributed by atoms with E-state index < -0.39 is 0 Å². The maximum Gasteiger partial charge on any atom is 0.149 e. The molecule has 0 saturated heterocycles. The van der Waals surface area contributed by atoms with Gasteiger partial charge in [0.1, 0.15) is 11.6 Å². The fourth-order valence-corrected chi connectivity index (χ4v) is 1.16. The van der Waals surface area contributed by atoms with Gasteiger partial charge in [0, 0.05) is 24.6 Å². The first-order valence-electron chi connectivity index (χ1n) is 5.17. The number of hydrogen-bond acceptors (Lipinski definition) is 3. The fourth-order valence-electron chi connectivity index (χ4n) is 1.16. The van der Waals surface area contributed by atoms with E-state index in [2.05, 4.69) is 5.32 Å². The fraction of sp³-hybridized carbons (Fsp3) is 0.500. The zero-order valence-electron chi connectivity index (χ0n) is 9.88. The molecule has 0 aromatic heterocycles. The Morgan fingerprint density at radius 2 is 2.12 bits per heavy atom. The van der Waals surface area contributed by atoms with Gasteiger partial charge in [-0.15, -0.1) is 0 Å². The zero-order chi connectivity index (χ0) is 12.2. The summed E-state index contributed by atoms with van der Waals surface area (Å²) < 4.78 is 18.4. The standard InChI is InChI=1S/C12H18FNO2/c1-12(2,8-15)7-14-11-5-4-9(16-3)6-10(11)13/h4-6,14-15H,7-8H2,1-3H3. The van der Waals surface area contributed by atoms with Crippen LogP contribution in [0.15, 0.2) is 18.2 Å². The van der Waals surface area contributed by atoms with Gasteiger partial charge in [0.2, 0.25) is 0 Å². The number of benzene rings is 1. The SMILES string of the molecule is COc1ccc(NCC(C)(C)CO)c(F)c1. The van der Waals surface area contributed by atoms with Crippen molar-refractivity contribution in [1.82, 2.24) is 0 Å². The van der Waals surface area contributed by atoms with Crippen LogP contribution in [0.5, 0.6) is 5.75 Å². The molecule has 0 amide bonds. The number of anilines is 1. The monoisotopic (exact) mass is 227 g/mol. The summed E-state index contributed by atoms with van der Waals surface area (Å²) in [6.45, 7) is 4.37. The van der Waals surface area contributed by atoms with Crippen LogP contribution in [0.3, 0.4) is 0 Å². The summed E-state index contributed by atoms with van der Waals surface area (Å²) in [5.41, 5.74) is 0.147. The van der Waals surface area contributed by atoms with Gasteiger partial charge in [0.15, 0.2) is 0 Å². The molecule has 0 atom stereocenters. The number of methoxy groups -OCH3 is 1. The van der Waals surface area contributed by atoms with E-state index in [1.807, 2.05) is 13.8 Å². The van der Waals surface area contributed by atoms with Gasteiger partial charge in [-0.1, -0.05) is 13.8 Å². The molecule has 0 heterocycles. The molecular weight excluding hydrogens is 209 g/mol. The van der Waals surface area contributed by atoms with Gasteiger partial charge in [-0.2, -0.15) is 0 Å². The molecule has 1 rings (SSSR count). The highest BCUT2D eigenvalue weighted by Crippen LogP contribution is 2.22. The molecule has 0 unspecified atom stereocenters. The minimum absolute atomic E-state index is 0.0533. The molecule has 4 heteroatoms. The van der Waals surface area contributed by atoms with Crippen LogP contribution in [0.2, 0.25) is 0 Å². The smallest absolute Gasteiger partial charge is 0.149 e. The van der Waals surface area contributed by atoms with Crippen molar-refractivity contribution in [2.24, 2.45) is 5.41 Å². The van der Waals surface area contributed by atoms with E-state index in [4.69, 9.17) is 9.84 Å². The Hall–Kier alpha value is -1.29. The van der Waals surface area contributed by atoms with Crippen molar-refractivity contribution < 1.29 is 14.2 Å². The highest BCUT2D eigenvalue weighted by Gasteiger charge is 2.16. The van der Waals surface area contributed by atoms with E-state index in [0.717, 1.165) is 0 Å². The zero-order valence-corrected chi connectivity index (χ0v) is 9.88. The van der Waals surface area contributed by atoms with Crippen molar-refractivity contribution in [3.05, 3.63) is 24.0 Å². The first-order valence-corrected chi connectivity index (χ1v) is 5.17. The number of aliphatic hydroxyl groups excluding tert-OH is 1. The molecule has 0 bridgehead atoms. The minimum Gasteiger partial charge on any atom is -0.497 e. The van der Waals surface area contributed by atoms with Gasteiger partial charge in [0.05, 0.1) is 12.8 Å². The number of nitrogens with one attached hydrogen (secondary N) is 1. The Morgan fingerprint density at radius 3 is 2.62 bits per heavy atom. The molecule has 2 N–H and O–H groups in total. The van der Waals surface area contributed by atoms with Crippen molar-refractivity contribution in [1.29, 1.82) is 0 Å². The molecule has 0 aliphatic rings. The summed E-state index contributed by atoms with van der Waals surface area (Å²) in [5.74, 6) is 0.137. The minimum atomic E-state index is -0.354. The molecule has 1 aromatic rings. The van der Waals surface area contributed by atoms with Crippen LogP contribution in [0.4, 0.5) is 10.1 Å². The Labute approximate surface area is 95.2 Å². The lowest BCUT2D eigenvalue weighted by Gasteiger charge is -2.22. The van der Waals surface area contributed by atoms with Crippen molar-refractivity contribution in [3.8, 4) is 5.75 Å². The molecule has 0 aliphatic carbocycles. The molecular formula is C12H18FNO2. The second-order valence-corrected chi connectivity index (χ2v) is 4.52. The van der Waals surface area contributed by atoms with Crippen LogP contribution in [0.1, 0.15) is 13.8 Å². The number of hydrogen-bond donors (Lipinski definition) is 2. The van der Waals surface area contributed by atoms with E-state index in [9.17, 15) is 4.39 Å². The van der Waals surface area contributed by atoms with Crippen LogP contribution in [-0.4, -0.2) is 25.4 Å². The number of ether oxygens (including phenoxy) is 1. The first kappa shape index (κ1) is 12.8. The van der Waals surface area contributed by atoms with Crippen molar-refractivity contribution >= 4 is 5.69 Å². The summed E-state index contributed by atoms with van der Waals surface area (Å²) in [6.07, 6.45) is 0. The normalized spacial score (nSPS) is 11.3. The van der Waals surface area contributed by atoms with Crippen LogP contribution in [0.25, 0.3) is 0 Å². The molecule has 0 radical (unpaired) electrons. The van der Waals surface area contributed by atoms with Gasteiger partial charge in [-0.05, 0) is 12.1 Å². The maximum atomic E-state index is 13.5. The first-order chi connectivity index (χ1) is 7.48. The van der Waals surface area contributed by atoms with Crippen LogP contribution in [-0.2, 0) is 0 Å². The summed E-state index contributed by atoms with van der Waals surface area (Å²) in [5, 5.41) is 12.0. The Morgan fingerprint density at radius 1 is 1.44 bits per heavy atom. The molecule has 90 valence electrons. The number of rotatable bonds is 5. The van der Waals surface area contributed by atoms with E-state index >= 15 is 0 Å². The summed E-state index contributed by atoms with van der Waals surface area (Å²) in [7, 11) is 1.50. The van der Waals surface area contributed by atoms with E-state index in [0.29, 0.717) is 18.0 Å². The largest absolute Gasteiger partial charge is 0.497 e. The number of halogens is 1. The molecule has 1 aromatic carbocycles. The van der Waals surface area contributed by atoms with Crippen molar-refractivity contribution in [2.75, 3.05) is 25.6 Å². The third-order valence-electron chi connectivity index (χ3n) is 2.36. The number of aliphatic hydroxyl groups is 1. The molecule has 3 nitrogen and oxygen atoms in total. The third-order valence-corrected chi connectivity index (χ3v) is 2.36. The molecule has 0 fully saturated rings. The van der Waals surface area contributed by atoms with E-state index in [1.165, 1.54) is 13.2 Å². The van der Waals surface area contributed by atoms with E-state index in [-0.39, 0.29) is 17.8 Å². The Kier molecular flexibility index (Phi) is 4.12. The lowest BCUT2D eigenvalue weighted by atomic mass is 9.95. The average molecular weight is 227 g/mol. The second kappa shape index (κ2) is 5.16. The average Bonchev–Trinajstić information content (AvgIpc) is 2.27. The lowest BCUT2D eigenvalue weighted by Crippen LogP contribution is -2.27.